The molecule has 1 amide bonds. The second-order valence-electron chi connectivity index (χ2n) is 5.23. The first-order valence-corrected chi connectivity index (χ1v) is 8.25. The molecule has 0 radical (unpaired) electrons. The molecule has 1 aromatic carbocycles. The van der Waals surface area contributed by atoms with Crippen LogP contribution in [0.1, 0.15) is 39.2 Å². The smallest absolute Gasteiger partial charge is 0.307 e. The van der Waals surface area contributed by atoms with Crippen molar-refractivity contribution in [2.45, 2.75) is 40.0 Å². The Balaban J connectivity index is 2.51. The zero-order chi connectivity index (χ0) is 17.1. The van der Waals surface area contributed by atoms with E-state index in [0.29, 0.717) is 25.4 Å². The fourth-order valence-corrected chi connectivity index (χ4v) is 2.18. The van der Waals surface area contributed by atoms with Crippen LogP contribution >= 0.6 is 0 Å². The zero-order valence-electron chi connectivity index (χ0n) is 14.3. The van der Waals surface area contributed by atoms with Crippen LogP contribution in [0.25, 0.3) is 0 Å². The molecule has 128 valence electrons. The average Bonchev–Trinajstić information content (AvgIpc) is 2.57. The second kappa shape index (κ2) is 10.6. The maximum atomic E-state index is 12.3. The van der Waals surface area contributed by atoms with E-state index < -0.39 is 0 Å². The Hall–Kier alpha value is -2.04. The molecule has 0 saturated heterocycles. The lowest BCUT2D eigenvalue weighted by Gasteiger charge is -2.21. The summed E-state index contributed by atoms with van der Waals surface area (Å²) in [4.78, 5) is 25.4. The van der Waals surface area contributed by atoms with Gasteiger partial charge in [0.15, 0.2) is 6.61 Å². The van der Waals surface area contributed by atoms with Crippen molar-refractivity contribution in [2.24, 2.45) is 0 Å². The zero-order valence-corrected chi connectivity index (χ0v) is 14.3. The minimum atomic E-state index is -0.280. The van der Waals surface area contributed by atoms with E-state index in [9.17, 15) is 9.59 Å². The first-order valence-electron chi connectivity index (χ1n) is 8.25. The highest BCUT2D eigenvalue weighted by atomic mass is 16.5. The summed E-state index contributed by atoms with van der Waals surface area (Å²) in [7, 11) is 0. The van der Waals surface area contributed by atoms with Crippen LogP contribution in [0.4, 0.5) is 0 Å². The third-order valence-electron chi connectivity index (χ3n) is 3.41. The summed E-state index contributed by atoms with van der Waals surface area (Å²) < 4.78 is 10.5. The SMILES string of the molecule is CCCN(CCC(=O)OCC)C(=O)COc1cccc(CC)c1. The van der Waals surface area contributed by atoms with E-state index in [1.165, 1.54) is 5.56 Å². The molecule has 1 aromatic rings. The normalized spacial score (nSPS) is 10.2. The molecule has 0 atom stereocenters. The van der Waals surface area contributed by atoms with Gasteiger partial charge in [-0.3, -0.25) is 9.59 Å². The lowest BCUT2D eigenvalue weighted by atomic mass is 10.2. The summed E-state index contributed by atoms with van der Waals surface area (Å²) >= 11 is 0. The number of nitrogens with zero attached hydrogens (tertiary/aromatic N) is 1. The van der Waals surface area contributed by atoms with E-state index >= 15 is 0 Å². The number of esters is 1. The van der Waals surface area contributed by atoms with E-state index in [2.05, 4.69) is 6.92 Å². The van der Waals surface area contributed by atoms with Crippen molar-refractivity contribution in [3.63, 3.8) is 0 Å². The first-order chi connectivity index (χ1) is 11.1. The fraction of sp³-hybridized carbons (Fsp3) is 0.556. The van der Waals surface area contributed by atoms with Crippen LogP contribution in [0, 0.1) is 0 Å². The number of carbonyl (C=O) groups excluding carboxylic acids is 2. The Kier molecular flexibility index (Phi) is 8.80. The summed E-state index contributed by atoms with van der Waals surface area (Å²) in [6.07, 6.45) is 1.97. The maximum Gasteiger partial charge on any atom is 0.307 e. The van der Waals surface area contributed by atoms with Crippen LogP contribution < -0.4 is 4.74 Å². The molecular weight excluding hydrogens is 294 g/mol. The maximum absolute atomic E-state index is 12.3. The molecule has 5 nitrogen and oxygen atoms in total. The van der Waals surface area contributed by atoms with E-state index in [1.54, 1.807) is 11.8 Å². The summed E-state index contributed by atoms with van der Waals surface area (Å²) in [6, 6.07) is 7.73. The van der Waals surface area contributed by atoms with Crippen molar-refractivity contribution in [1.29, 1.82) is 0 Å². The molecule has 0 aliphatic rings. The van der Waals surface area contributed by atoms with Crippen molar-refractivity contribution in [1.82, 2.24) is 4.90 Å². The summed E-state index contributed by atoms with van der Waals surface area (Å²) in [5.74, 6) is 0.301. The molecule has 0 aliphatic heterocycles. The van der Waals surface area contributed by atoms with Crippen LogP contribution in [-0.4, -0.2) is 43.1 Å². The van der Waals surface area contributed by atoms with Crippen molar-refractivity contribution in [3.8, 4) is 5.75 Å². The molecule has 0 fully saturated rings. The molecule has 0 spiro atoms. The van der Waals surface area contributed by atoms with E-state index in [-0.39, 0.29) is 24.9 Å². The van der Waals surface area contributed by atoms with E-state index in [1.807, 2.05) is 31.2 Å². The molecule has 0 unspecified atom stereocenters. The highest BCUT2D eigenvalue weighted by Gasteiger charge is 2.15. The lowest BCUT2D eigenvalue weighted by molar-refractivity contribution is -0.144. The van der Waals surface area contributed by atoms with E-state index in [4.69, 9.17) is 9.47 Å². The minimum Gasteiger partial charge on any atom is -0.484 e. The van der Waals surface area contributed by atoms with Gasteiger partial charge >= 0.3 is 5.97 Å². The van der Waals surface area contributed by atoms with E-state index in [0.717, 1.165) is 12.8 Å². The number of rotatable bonds is 10. The fourth-order valence-electron chi connectivity index (χ4n) is 2.18. The van der Waals surface area contributed by atoms with Gasteiger partial charge in [-0.25, -0.2) is 0 Å². The topological polar surface area (TPSA) is 55.8 Å². The molecule has 23 heavy (non-hydrogen) atoms. The largest absolute Gasteiger partial charge is 0.484 e. The van der Waals surface area contributed by atoms with Crippen LogP contribution in [-0.2, 0) is 20.7 Å². The molecule has 0 saturated carbocycles. The predicted molar refractivity (Wildman–Crippen MR) is 89.4 cm³/mol. The number of amides is 1. The average molecular weight is 321 g/mol. The van der Waals surface area contributed by atoms with Crippen molar-refractivity contribution >= 4 is 11.9 Å². The van der Waals surface area contributed by atoms with Gasteiger partial charge in [-0.05, 0) is 37.5 Å². The summed E-state index contributed by atoms with van der Waals surface area (Å²) in [6.45, 7) is 7.15. The Morgan fingerprint density at radius 2 is 1.91 bits per heavy atom. The van der Waals surface area contributed by atoms with Crippen molar-refractivity contribution in [2.75, 3.05) is 26.3 Å². The third kappa shape index (κ3) is 7.17. The minimum absolute atomic E-state index is 0.0179. The molecular formula is C18H27NO4. The molecule has 0 heterocycles. The molecule has 0 N–H and O–H groups in total. The van der Waals surface area contributed by atoms with Gasteiger partial charge in [0.25, 0.3) is 5.91 Å². The molecule has 0 aliphatic carbocycles. The first kappa shape index (κ1) is 19.0. The van der Waals surface area contributed by atoms with Gasteiger partial charge in [0.1, 0.15) is 5.75 Å². The highest BCUT2D eigenvalue weighted by Crippen LogP contribution is 2.13. The van der Waals surface area contributed by atoms with Gasteiger partial charge in [0, 0.05) is 13.1 Å². The van der Waals surface area contributed by atoms with Gasteiger partial charge in [-0.2, -0.15) is 0 Å². The number of aryl methyl sites for hydroxylation is 1. The summed E-state index contributed by atoms with van der Waals surface area (Å²) in [5, 5.41) is 0. The Labute approximate surface area is 138 Å². The third-order valence-corrected chi connectivity index (χ3v) is 3.41. The van der Waals surface area contributed by atoms with Gasteiger partial charge < -0.3 is 14.4 Å². The van der Waals surface area contributed by atoms with Gasteiger partial charge in [-0.1, -0.05) is 26.0 Å². The standard InChI is InChI=1S/C18H27NO4/c1-4-11-19(12-10-18(21)22-6-3)17(20)14-23-16-9-7-8-15(5-2)13-16/h7-9,13H,4-6,10-12,14H2,1-3H3. The second-order valence-corrected chi connectivity index (χ2v) is 5.23. The van der Waals surface area contributed by atoms with Crippen molar-refractivity contribution < 1.29 is 19.1 Å². The number of hydrogen-bond donors (Lipinski definition) is 0. The van der Waals surface area contributed by atoms with Crippen LogP contribution in [0.5, 0.6) is 5.75 Å². The molecule has 0 aromatic heterocycles. The Bertz CT molecular complexity index is 502. The van der Waals surface area contributed by atoms with Gasteiger partial charge in [-0.15, -0.1) is 0 Å². The monoisotopic (exact) mass is 321 g/mol. The molecule has 5 heteroatoms. The predicted octanol–water partition coefficient (Wildman–Crippen LogP) is 2.82. The van der Waals surface area contributed by atoms with Crippen molar-refractivity contribution in [3.05, 3.63) is 29.8 Å². The number of benzene rings is 1. The number of ether oxygens (including phenoxy) is 2. The lowest BCUT2D eigenvalue weighted by Crippen LogP contribution is -2.37. The summed E-state index contributed by atoms with van der Waals surface area (Å²) in [5.41, 5.74) is 1.17. The van der Waals surface area contributed by atoms with Crippen LogP contribution in [0.15, 0.2) is 24.3 Å². The van der Waals surface area contributed by atoms with Crippen LogP contribution in [0.3, 0.4) is 0 Å². The highest BCUT2D eigenvalue weighted by molar-refractivity contribution is 5.78. The van der Waals surface area contributed by atoms with Gasteiger partial charge in [0.2, 0.25) is 0 Å². The Morgan fingerprint density at radius 1 is 1.13 bits per heavy atom. The number of carbonyl (C=O) groups is 2. The number of hydrogen-bond acceptors (Lipinski definition) is 4. The Morgan fingerprint density at radius 3 is 2.57 bits per heavy atom. The van der Waals surface area contributed by atoms with Crippen LogP contribution in [0.2, 0.25) is 0 Å². The quantitative estimate of drug-likeness (QED) is 0.622. The molecule has 1 rings (SSSR count). The van der Waals surface area contributed by atoms with Gasteiger partial charge in [0.05, 0.1) is 13.0 Å². The molecule has 0 bridgehead atoms.